The number of likely N-dealkylation sites (N-methyl/N-ethyl adjacent to an activating group) is 1. The molecular weight excluding hydrogens is 336 g/mol. The summed E-state index contributed by atoms with van der Waals surface area (Å²) in [6.07, 6.45) is 1.00. The van der Waals surface area contributed by atoms with E-state index in [-0.39, 0.29) is 5.75 Å². The number of nitrogens with zero attached hydrogens (tertiary/aromatic N) is 4. The van der Waals surface area contributed by atoms with Crippen LogP contribution in [0.2, 0.25) is 0 Å². The van der Waals surface area contributed by atoms with Crippen molar-refractivity contribution in [1.82, 2.24) is 20.5 Å². The number of benzene rings is 1. The highest BCUT2D eigenvalue weighted by atomic mass is 16.3. The Morgan fingerprint density at radius 3 is 2.88 bits per heavy atom. The molecule has 3 rings (SSSR count). The molecule has 0 aromatic heterocycles. The Labute approximate surface area is 150 Å². The van der Waals surface area contributed by atoms with Crippen molar-refractivity contribution in [1.29, 1.82) is 0 Å². The van der Waals surface area contributed by atoms with E-state index < -0.39 is 24.1 Å². The number of hydrogen-bond acceptors (Lipinski definition) is 7. The van der Waals surface area contributed by atoms with Crippen molar-refractivity contribution in [2.24, 2.45) is 10.1 Å². The lowest BCUT2D eigenvalue weighted by molar-refractivity contribution is -0.126. The topological polar surface area (TPSA) is 110 Å². The first kappa shape index (κ1) is 17.5. The fourth-order valence-electron chi connectivity index (χ4n) is 2.93. The van der Waals surface area contributed by atoms with Crippen LogP contribution in [0.5, 0.6) is 5.75 Å². The van der Waals surface area contributed by atoms with Crippen LogP contribution in [0.3, 0.4) is 0 Å². The number of nitrogens with one attached hydrogen (secondary N) is 2. The van der Waals surface area contributed by atoms with Gasteiger partial charge in [-0.1, -0.05) is 18.2 Å². The number of rotatable bonds is 4. The molecule has 1 saturated heterocycles. The maximum atomic E-state index is 12.3. The SMILES string of the molecule is C=CCN1C(N/N=C(/C)c2ccccc2O)=NC2C1C(=O)NC(=O)N2C. The summed E-state index contributed by atoms with van der Waals surface area (Å²) in [5, 5.41) is 16.5. The number of phenols is 1. The first-order valence-electron chi connectivity index (χ1n) is 8.05. The minimum atomic E-state index is -0.654. The van der Waals surface area contributed by atoms with E-state index in [1.165, 1.54) is 4.90 Å². The lowest BCUT2D eigenvalue weighted by atomic mass is 10.1. The van der Waals surface area contributed by atoms with Gasteiger partial charge in [-0.05, 0) is 19.1 Å². The van der Waals surface area contributed by atoms with Crippen molar-refractivity contribution in [3.63, 3.8) is 0 Å². The zero-order valence-electron chi connectivity index (χ0n) is 14.5. The number of fused-ring (bicyclic) bond motifs is 1. The Hall–Kier alpha value is -3.36. The number of amides is 3. The average Bonchev–Trinajstić information content (AvgIpc) is 2.97. The number of para-hydroxylation sites is 1. The molecule has 0 radical (unpaired) electrons. The molecule has 1 fully saturated rings. The third-order valence-electron chi connectivity index (χ3n) is 4.30. The normalized spacial score (nSPS) is 22.7. The van der Waals surface area contributed by atoms with E-state index in [4.69, 9.17) is 0 Å². The van der Waals surface area contributed by atoms with Gasteiger partial charge in [0.1, 0.15) is 5.75 Å². The lowest BCUT2D eigenvalue weighted by Crippen LogP contribution is -2.64. The van der Waals surface area contributed by atoms with E-state index in [0.717, 1.165) is 0 Å². The van der Waals surface area contributed by atoms with E-state index in [0.29, 0.717) is 23.8 Å². The molecule has 1 aromatic carbocycles. The van der Waals surface area contributed by atoms with Crippen LogP contribution in [-0.2, 0) is 4.79 Å². The fraction of sp³-hybridized carbons (Fsp3) is 0.294. The number of urea groups is 1. The Bertz CT molecular complexity index is 818. The van der Waals surface area contributed by atoms with E-state index in [1.54, 1.807) is 49.2 Å². The molecule has 2 atom stereocenters. The number of imide groups is 1. The summed E-state index contributed by atoms with van der Waals surface area (Å²) >= 11 is 0. The standard InChI is InChI=1S/C17H20N6O3/c1-4-9-23-13-14(22(3)17(26)19-15(13)25)18-16(23)21-20-10(2)11-7-5-6-8-12(11)24/h4-8,13-14,24H,1,9H2,2-3H3,(H,18,21)(H,19,25,26)/b20-10-. The van der Waals surface area contributed by atoms with Crippen molar-refractivity contribution in [2.45, 2.75) is 19.1 Å². The number of hydrogen-bond donors (Lipinski definition) is 3. The van der Waals surface area contributed by atoms with Crippen LogP contribution in [0.1, 0.15) is 12.5 Å². The van der Waals surface area contributed by atoms with Crippen molar-refractivity contribution in [3.8, 4) is 5.75 Å². The number of carbonyl (C=O) groups excluding carboxylic acids is 2. The highest BCUT2D eigenvalue weighted by Gasteiger charge is 2.48. The van der Waals surface area contributed by atoms with Crippen LogP contribution >= 0.6 is 0 Å². The molecule has 1 aromatic rings. The maximum absolute atomic E-state index is 12.3. The molecule has 0 aliphatic carbocycles. The highest BCUT2D eigenvalue weighted by molar-refractivity contribution is 6.04. The molecule has 0 spiro atoms. The van der Waals surface area contributed by atoms with Gasteiger partial charge >= 0.3 is 6.03 Å². The lowest BCUT2D eigenvalue weighted by Gasteiger charge is -2.35. The van der Waals surface area contributed by atoms with E-state index in [2.05, 4.69) is 27.4 Å². The van der Waals surface area contributed by atoms with Crippen molar-refractivity contribution in [2.75, 3.05) is 13.6 Å². The molecular formula is C17H20N6O3. The molecule has 3 N–H and O–H groups in total. The third-order valence-corrected chi connectivity index (χ3v) is 4.30. The van der Waals surface area contributed by atoms with Crippen molar-refractivity contribution < 1.29 is 14.7 Å². The molecule has 2 aliphatic rings. The van der Waals surface area contributed by atoms with Crippen LogP contribution in [0.25, 0.3) is 0 Å². The second kappa shape index (κ2) is 6.87. The van der Waals surface area contributed by atoms with Gasteiger partial charge in [0.2, 0.25) is 5.96 Å². The fourth-order valence-corrected chi connectivity index (χ4v) is 2.93. The van der Waals surface area contributed by atoms with Gasteiger partial charge in [0, 0.05) is 19.2 Å². The van der Waals surface area contributed by atoms with Crippen LogP contribution in [-0.4, -0.2) is 64.3 Å². The van der Waals surface area contributed by atoms with Crippen LogP contribution in [0.4, 0.5) is 4.79 Å². The van der Waals surface area contributed by atoms with Gasteiger partial charge in [-0.25, -0.2) is 15.2 Å². The molecule has 9 heteroatoms. The number of aromatic hydroxyl groups is 1. The molecule has 0 saturated carbocycles. The van der Waals surface area contributed by atoms with Crippen LogP contribution in [0.15, 0.2) is 47.0 Å². The number of guanidine groups is 1. The molecule has 0 bridgehead atoms. The first-order chi connectivity index (χ1) is 12.4. The monoisotopic (exact) mass is 356 g/mol. The average molecular weight is 356 g/mol. The van der Waals surface area contributed by atoms with Gasteiger partial charge in [-0.2, -0.15) is 5.10 Å². The van der Waals surface area contributed by atoms with Crippen LogP contribution in [0, 0.1) is 0 Å². The third kappa shape index (κ3) is 2.99. The Morgan fingerprint density at radius 2 is 2.19 bits per heavy atom. The molecule has 2 heterocycles. The Balaban J connectivity index is 1.87. The maximum Gasteiger partial charge on any atom is 0.325 e. The molecule has 26 heavy (non-hydrogen) atoms. The zero-order chi connectivity index (χ0) is 18.8. The van der Waals surface area contributed by atoms with Gasteiger partial charge in [0.15, 0.2) is 12.2 Å². The second-order valence-corrected chi connectivity index (χ2v) is 5.98. The second-order valence-electron chi connectivity index (χ2n) is 5.98. The van der Waals surface area contributed by atoms with Gasteiger partial charge in [0.25, 0.3) is 5.91 Å². The highest BCUT2D eigenvalue weighted by Crippen LogP contribution is 2.23. The first-order valence-corrected chi connectivity index (χ1v) is 8.05. The quantitative estimate of drug-likeness (QED) is 0.412. The molecule has 3 amide bonds. The van der Waals surface area contributed by atoms with E-state index in [9.17, 15) is 14.7 Å². The number of phenolic OH excluding ortho intramolecular Hbond substituents is 1. The number of hydrazone groups is 1. The minimum Gasteiger partial charge on any atom is -0.507 e. The summed E-state index contributed by atoms with van der Waals surface area (Å²) in [5.74, 6) is 0.0542. The number of carbonyl (C=O) groups is 2. The summed E-state index contributed by atoms with van der Waals surface area (Å²) in [7, 11) is 1.58. The smallest absolute Gasteiger partial charge is 0.325 e. The summed E-state index contributed by atoms with van der Waals surface area (Å²) in [5.41, 5.74) is 3.97. The molecule has 2 unspecified atom stereocenters. The Kier molecular flexibility index (Phi) is 4.61. The summed E-state index contributed by atoms with van der Waals surface area (Å²) in [6, 6.07) is 5.69. The minimum absolute atomic E-state index is 0.116. The van der Waals surface area contributed by atoms with Gasteiger partial charge < -0.3 is 14.9 Å². The van der Waals surface area contributed by atoms with Gasteiger partial charge in [-0.15, -0.1) is 6.58 Å². The van der Waals surface area contributed by atoms with Gasteiger partial charge in [-0.3, -0.25) is 10.1 Å². The summed E-state index contributed by atoms with van der Waals surface area (Å²) in [6.45, 7) is 5.80. The Morgan fingerprint density at radius 1 is 1.46 bits per heavy atom. The van der Waals surface area contributed by atoms with Crippen molar-refractivity contribution in [3.05, 3.63) is 42.5 Å². The molecule has 136 valence electrons. The van der Waals surface area contributed by atoms with Crippen LogP contribution < -0.4 is 10.7 Å². The summed E-state index contributed by atoms with van der Waals surface area (Å²) < 4.78 is 0. The van der Waals surface area contributed by atoms with E-state index in [1.807, 2.05) is 0 Å². The predicted molar refractivity (Wildman–Crippen MR) is 96.7 cm³/mol. The molecule has 2 aliphatic heterocycles. The summed E-state index contributed by atoms with van der Waals surface area (Å²) in [4.78, 5) is 31.6. The van der Waals surface area contributed by atoms with Gasteiger partial charge in [0.05, 0.1) is 5.71 Å². The number of aliphatic imine (C=N–C) groups is 1. The van der Waals surface area contributed by atoms with Crippen molar-refractivity contribution >= 4 is 23.6 Å². The zero-order valence-corrected chi connectivity index (χ0v) is 14.5. The largest absolute Gasteiger partial charge is 0.507 e. The molecule has 9 nitrogen and oxygen atoms in total. The predicted octanol–water partition coefficient (Wildman–Crippen LogP) is 0.440. The van der Waals surface area contributed by atoms with E-state index >= 15 is 0 Å².